The summed E-state index contributed by atoms with van der Waals surface area (Å²) >= 11 is 0. The first-order valence-corrected chi connectivity index (χ1v) is 4.13. The van der Waals surface area contributed by atoms with Gasteiger partial charge in [-0.05, 0) is 17.7 Å². The molecule has 3 nitrogen and oxygen atoms in total. The number of fused-ring (bicyclic) bond motifs is 3. The van der Waals surface area contributed by atoms with E-state index in [9.17, 15) is 4.79 Å². The molecular formula is C10H6N2O. The number of rotatable bonds is 0. The van der Waals surface area contributed by atoms with E-state index >= 15 is 0 Å². The molecule has 0 spiro atoms. The van der Waals surface area contributed by atoms with Gasteiger partial charge < -0.3 is 0 Å². The van der Waals surface area contributed by atoms with Gasteiger partial charge in [0.1, 0.15) is 0 Å². The highest BCUT2D eigenvalue weighted by atomic mass is 16.1. The molecule has 62 valence electrons. The summed E-state index contributed by atoms with van der Waals surface area (Å²) in [6, 6.07) is 3.76. The Kier molecular flexibility index (Phi) is 1.10. The molecule has 3 heteroatoms. The van der Waals surface area contributed by atoms with Gasteiger partial charge in [-0.2, -0.15) is 0 Å². The molecule has 1 aromatic carbocycles. The molecule has 2 heterocycles. The highest BCUT2D eigenvalue weighted by Gasteiger charge is 2.23. The minimum atomic E-state index is 0.0114. The first-order chi connectivity index (χ1) is 6.36. The second kappa shape index (κ2) is 2.13. The van der Waals surface area contributed by atoms with E-state index in [2.05, 4.69) is 9.98 Å². The van der Waals surface area contributed by atoms with Gasteiger partial charge in [-0.3, -0.25) is 14.8 Å². The molecule has 2 aliphatic rings. The maximum absolute atomic E-state index is 11.4. The molecule has 13 heavy (non-hydrogen) atoms. The van der Waals surface area contributed by atoms with Crippen molar-refractivity contribution in [2.75, 3.05) is 0 Å². The number of carbonyl (C=O) groups is 1. The van der Waals surface area contributed by atoms with Crippen LogP contribution in [0, 0.1) is 0 Å². The van der Waals surface area contributed by atoms with Crippen LogP contribution < -0.4 is 0 Å². The van der Waals surface area contributed by atoms with Crippen molar-refractivity contribution in [1.29, 1.82) is 0 Å². The number of benzene rings is 1. The van der Waals surface area contributed by atoms with Gasteiger partial charge in [0.15, 0.2) is 0 Å². The zero-order chi connectivity index (χ0) is 8.84. The van der Waals surface area contributed by atoms with Crippen molar-refractivity contribution < 1.29 is 4.79 Å². The average molecular weight is 170 g/mol. The fraction of sp³-hybridized carbons (Fsp3) is 0.100. The third kappa shape index (κ3) is 0.758. The normalized spacial score (nSPS) is 16.5. The van der Waals surface area contributed by atoms with Crippen LogP contribution in [0.3, 0.4) is 0 Å². The summed E-state index contributed by atoms with van der Waals surface area (Å²) in [4.78, 5) is 19.6. The van der Waals surface area contributed by atoms with Crippen LogP contribution in [0.2, 0.25) is 0 Å². The molecule has 0 radical (unpaired) electrons. The minimum absolute atomic E-state index is 0.0114. The van der Waals surface area contributed by atoms with Gasteiger partial charge in [0.05, 0.1) is 23.2 Å². The molecule has 0 atom stereocenters. The summed E-state index contributed by atoms with van der Waals surface area (Å²) in [6.45, 7) is 0. The zero-order valence-corrected chi connectivity index (χ0v) is 6.82. The molecule has 3 rings (SSSR count). The number of ketones is 1. The first-order valence-electron chi connectivity index (χ1n) is 4.13. The van der Waals surface area contributed by atoms with E-state index in [4.69, 9.17) is 0 Å². The lowest BCUT2D eigenvalue weighted by Crippen LogP contribution is -1.99. The standard InChI is InChI=1S/C10H6N2O/c13-9-5-12-8-2-1-7-6(10(8)9)3-4-11-7/h1-2,4-5H,3H2. The van der Waals surface area contributed by atoms with Crippen LogP contribution >= 0.6 is 0 Å². The third-order valence-corrected chi connectivity index (χ3v) is 2.36. The van der Waals surface area contributed by atoms with Gasteiger partial charge in [0.25, 0.3) is 0 Å². The van der Waals surface area contributed by atoms with Crippen molar-refractivity contribution in [1.82, 2.24) is 0 Å². The quantitative estimate of drug-likeness (QED) is 0.585. The molecule has 0 amide bonds. The number of hydrogen-bond acceptors (Lipinski definition) is 3. The molecule has 1 aromatic rings. The Balaban J connectivity index is 2.35. The van der Waals surface area contributed by atoms with Gasteiger partial charge in [0.2, 0.25) is 5.78 Å². The molecule has 0 unspecified atom stereocenters. The highest BCUT2D eigenvalue weighted by molar-refractivity contribution is 6.40. The van der Waals surface area contributed by atoms with E-state index in [1.54, 1.807) is 0 Å². The highest BCUT2D eigenvalue weighted by Crippen LogP contribution is 2.35. The van der Waals surface area contributed by atoms with E-state index in [-0.39, 0.29) is 5.78 Å². The van der Waals surface area contributed by atoms with E-state index in [1.807, 2.05) is 18.3 Å². The van der Waals surface area contributed by atoms with Gasteiger partial charge in [-0.15, -0.1) is 0 Å². The van der Waals surface area contributed by atoms with Crippen LogP contribution in [0.1, 0.15) is 15.9 Å². The molecule has 0 bridgehead atoms. The summed E-state index contributed by atoms with van der Waals surface area (Å²) < 4.78 is 0. The maximum Gasteiger partial charge on any atom is 0.206 e. The summed E-state index contributed by atoms with van der Waals surface area (Å²) in [5.74, 6) is 0.0114. The van der Waals surface area contributed by atoms with Crippen LogP contribution in [-0.2, 0) is 6.42 Å². The monoisotopic (exact) mass is 170 g/mol. The van der Waals surface area contributed by atoms with Gasteiger partial charge >= 0.3 is 0 Å². The predicted molar refractivity (Wildman–Crippen MR) is 50.8 cm³/mol. The number of Topliss-reactive ketones (excluding diaryl/α,β-unsaturated/α-hetero) is 1. The van der Waals surface area contributed by atoms with E-state index in [1.165, 1.54) is 6.21 Å². The van der Waals surface area contributed by atoms with E-state index in [0.717, 1.165) is 28.9 Å². The summed E-state index contributed by atoms with van der Waals surface area (Å²) in [5, 5.41) is 0. The Morgan fingerprint density at radius 1 is 1.15 bits per heavy atom. The van der Waals surface area contributed by atoms with Gasteiger partial charge in [0, 0.05) is 12.6 Å². The van der Waals surface area contributed by atoms with Crippen LogP contribution in [0.4, 0.5) is 11.4 Å². The Hall–Kier alpha value is -1.77. The second-order valence-corrected chi connectivity index (χ2v) is 3.10. The number of nitrogens with zero attached hydrogens (tertiary/aromatic N) is 2. The smallest absolute Gasteiger partial charge is 0.206 e. The van der Waals surface area contributed by atoms with Crippen LogP contribution in [0.5, 0.6) is 0 Å². The van der Waals surface area contributed by atoms with Crippen LogP contribution in [-0.4, -0.2) is 18.2 Å². The molecule has 0 saturated heterocycles. The summed E-state index contributed by atoms with van der Waals surface area (Å²) in [6.07, 6.45) is 3.97. The van der Waals surface area contributed by atoms with Crippen molar-refractivity contribution >= 4 is 29.6 Å². The molecule has 0 N–H and O–H groups in total. The topological polar surface area (TPSA) is 41.8 Å². The fourth-order valence-corrected chi connectivity index (χ4v) is 1.76. The predicted octanol–water partition coefficient (Wildman–Crippen LogP) is 1.84. The second-order valence-electron chi connectivity index (χ2n) is 3.10. The summed E-state index contributed by atoms with van der Waals surface area (Å²) in [7, 11) is 0. The number of aliphatic imine (C=N–C) groups is 2. The van der Waals surface area contributed by atoms with Gasteiger partial charge in [-0.25, -0.2) is 0 Å². The molecular weight excluding hydrogens is 164 g/mol. The molecule has 0 fully saturated rings. The fourth-order valence-electron chi connectivity index (χ4n) is 1.76. The van der Waals surface area contributed by atoms with Crippen LogP contribution in [0.25, 0.3) is 0 Å². The Morgan fingerprint density at radius 2 is 2.00 bits per heavy atom. The van der Waals surface area contributed by atoms with E-state index in [0.29, 0.717) is 0 Å². The molecule has 0 aromatic heterocycles. The van der Waals surface area contributed by atoms with Crippen LogP contribution in [0.15, 0.2) is 22.1 Å². The Labute approximate surface area is 74.8 Å². The van der Waals surface area contributed by atoms with Crippen molar-refractivity contribution in [3.63, 3.8) is 0 Å². The maximum atomic E-state index is 11.4. The first kappa shape index (κ1) is 6.71. The van der Waals surface area contributed by atoms with Crippen molar-refractivity contribution in [3.05, 3.63) is 23.3 Å². The average Bonchev–Trinajstić information content (AvgIpc) is 2.70. The van der Waals surface area contributed by atoms with Crippen molar-refractivity contribution in [2.24, 2.45) is 9.98 Å². The Bertz CT molecular complexity index is 472. The SMILES string of the molecule is O=C1C=Nc2ccc3c(c21)CC=N3. The zero-order valence-electron chi connectivity index (χ0n) is 6.82. The lowest BCUT2D eigenvalue weighted by atomic mass is 10.0. The molecule has 0 saturated carbocycles. The largest absolute Gasteiger partial charge is 0.287 e. The minimum Gasteiger partial charge on any atom is -0.287 e. The Morgan fingerprint density at radius 3 is 2.92 bits per heavy atom. The third-order valence-electron chi connectivity index (χ3n) is 2.36. The number of hydrogen-bond donors (Lipinski definition) is 0. The summed E-state index contributed by atoms with van der Waals surface area (Å²) in [5.41, 5.74) is 3.47. The van der Waals surface area contributed by atoms with Crippen molar-refractivity contribution in [2.45, 2.75) is 6.42 Å². The van der Waals surface area contributed by atoms with Gasteiger partial charge in [-0.1, -0.05) is 0 Å². The van der Waals surface area contributed by atoms with Crippen molar-refractivity contribution in [3.8, 4) is 0 Å². The molecule has 0 aliphatic carbocycles. The van der Waals surface area contributed by atoms with E-state index < -0.39 is 0 Å². The lowest BCUT2D eigenvalue weighted by molar-refractivity contribution is 0.107. The lowest BCUT2D eigenvalue weighted by Gasteiger charge is -2.02. The molecule has 2 aliphatic heterocycles. The number of carbonyl (C=O) groups excluding carboxylic acids is 1.